The molecule has 114 valence electrons. The monoisotopic (exact) mass is 309 g/mol. The zero-order valence-corrected chi connectivity index (χ0v) is 12.4. The van der Waals surface area contributed by atoms with Crippen molar-refractivity contribution in [1.29, 1.82) is 0 Å². The second-order valence-electron chi connectivity index (χ2n) is 4.21. The summed E-state index contributed by atoms with van der Waals surface area (Å²) in [5.41, 5.74) is 1.11. The van der Waals surface area contributed by atoms with Crippen molar-refractivity contribution in [3.63, 3.8) is 0 Å². The molecule has 0 aromatic heterocycles. The minimum absolute atomic E-state index is 0.0659. The quantitative estimate of drug-likeness (QED) is 0.643. The van der Waals surface area contributed by atoms with E-state index in [9.17, 15) is 13.5 Å². The maximum Gasteiger partial charge on any atom is 0.275 e. The summed E-state index contributed by atoms with van der Waals surface area (Å²) in [5, 5.41) is 10.2. The van der Waals surface area contributed by atoms with Crippen LogP contribution in [-0.2, 0) is 14.8 Å². The highest BCUT2D eigenvalue weighted by Crippen LogP contribution is 2.14. The zero-order valence-electron chi connectivity index (χ0n) is 11.6. The summed E-state index contributed by atoms with van der Waals surface area (Å²) in [4.78, 5) is 0. The maximum atomic E-state index is 10.1. The van der Waals surface area contributed by atoms with Crippen molar-refractivity contribution in [2.24, 2.45) is 4.40 Å². The van der Waals surface area contributed by atoms with E-state index >= 15 is 0 Å². The molecule has 0 spiro atoms. The number of aliphatic hydroxyl groups excluding tert-OH is 1. The van der Waals surface area contributed by atoms with Crippen LogP contribution in [0.1, 0.15) is 11.5 Å². The molecule has 1 atom stereocenters. The Morgan fingerprint density at radius 2 is 2.05 bits per heavy atom. The summed E-state index contributed by atoms with van der Waals surface area (Å²) in [6.07, 6.45) is 4.34. The third-order valence-electron chi connectivity index (χ3n) is 2.59. The molecule has 1 heterocycles. The van der Waals surface area contributed by atoms with E-state index in [-0.39, 0.29) is 12.5 Å². The molecule has 1 N–H and O–H groups in total. The van der Waals surface area contributed by atoms with Crippen molar-refractivity contribution in [2.75, 3.05) is 19.8 Å². The molecule has 5 nitrogen and oxygen atoms in total. The van der Waals surface area contributed by atoms with Gasteiger partial charge in [0.2, 0.25) is 0 Å². The highest BCUT2D eigenvalue weighted by molar-refractivity contribution is 7.93. The van der Waals surface area contributed by atoms with Crippen LogP contribution < -0.4 is 0 Å². The molecule has 0 bridgehead atoms. The molecule has 1 unspecified atom stereocenters. The van der Waals surface area contributed by atoms with E-state index in [0.29, 0.717) is 13.2 Å². The zero-order chi connectivity index (χ0) is 15.6. The summed E-state index contributed by atoms with van der Waals surface area (Å²) in [5.74, 6) is 0.0659. The van der Waals surface area contributed by atoms with E-state index in [1.165, 1.54) is 12.3 Å². The maximum absolute atomic E-state index is 10.1. The van der Waals surface area contributed by atoms with Gasteiger partial charge in [0.25, 0.3) is 10.0 Å². The molecule has 2 rings (SSSR count). The van der Waals surface area contributed by atoms with Gasteiger partial charge in [0.05, 0.1) is 25.2 Å². The number of benzene rings is 1. The third-order valence-corrected chi connectivity index (χ3v) is 3.51. The van der Waals surface area contributed by atoms with Crippen LogP contribution in [-0.4, -0.2) is 39.6 Å². The van der Waals surface area contributed by atoms with Gasteiger partial charge in [-0.15, -0.1) is 6.58 Å². The SMILES string of the molecule is C=CCOCC(CO)c1ccccc1.O=S1(=O)C=CC=N1. The van der Waals surface area contributed by atoms with Crippen molar-refractivity contribution >= 4 is 16.2 Å². The normalized spacial score (nSPS) is 16.0. The summed E-state index contributed by atoms with van der Waals surface area (Å²) in [6, 6.07) is 9.88. The van der Waals surface area contributed by atoms with Gasteiger partial charge >= 0.3 is 0 Å². The lowest BCUT2D eigenvalue weighted by Crippen LogP contribution is -2.12. The van der Waals surface area contributed by atoms with Gasteiger partial charge in [-0.3, -0.25) is 0 Å². The average molecular weight is 309 g/mol. The van der Waals surface area contributed by atoms with Gasteiger partial charge in [0.15, 0.2) is 0 Å². The first-order valence-electron chi connectivity index (χ1n) is 6.40. The number of hydrogen-bond donors (Lipinski definition) is 1. The van der Waals surface area contributed by atoms with Crippen LogP contribution in [0.2, 0.25) is 0 Å². The molecule has 21 heavy (non-hydrogen) atoms. The lowest BCUT2D eigenvalue weighted by molar-refractivity contribution is 0.120. The smallest absolute Gasteiger partial charge is 0.275 e. The van der Waals surface area contributed by atoms with Crippen LogP contribution in [0.5, 0.6) is 0 Å². The Balaban J connectivity index is 0.000000262. The van der Waals surface area contributed by atoms with Crippen molar-refractivity contribution < 1.29 is 18.3 Å². The first kappa shape index (κ1) is 17.3. The number of nitrogens with zero attached hydrogens (tertiary/aromatic N) is 1. The van der Waals surface area contributed by atoms with Crippen molar-refractivity contribution in [3.8, 4) is 0 Å². The van der Waals surface area contributed by atoms with Gasteiger partial charge in [-0.1, -0.05) is 36.4 Å². The van der Waals surface area contributed by atoms with Crippen molar-refractivity contribution in [1.82, 2.24) is 0 Å². The lowest BCUT2D eigenvalue weighted by atomic mass is 10.0. The Kier molecular flexibility index (Phi) is 7.60. The summed E-state index contributed by atoms with van der Waals surface area (Å²) >= 11 is 0. The van der Waals surface area contributed by atoms with Crippen LogP contribution in [0.15, 0.2) is 58.9 Å². The van der Waals surface area contributed by atoms with E-state index in [4.69, 9.17) is 4.74 Å². The molecule has 0 radical (unpaired) electrons. The first-order valence-corrected chi connectivity index (χ1v) is 7.91. The molecular formula is C15H19NO4S. The van der Waals surface area contributed by atoms with Gasteiger partial charge < -0.3 is 9.84 Å². The number of sulfonamides is 1. The predicted octanol–water partition coefficient (Wildman–Crippen LogP) is 1.88. The molecule has 1 aromatic rings. The second-order valence-corrected chi connectivity index (χ2v) is 5.73. The standard InChI is InChI=1S/C12H16O2.C3H3NO2S/c1-2-8-14-10-12(9-13)11-6-4-3-5-7-11;5-7(6)3-1-2-4-7/h2-7,12-13H,1,8-10H2;1-3H. The fourth-order valence-corrected chi connectivity index (χ4v) is 2.14. The summed E-state index contributed by atoms with van der Waals surface area (Å²) in [7, 11) is -3.16. The number of ether oxygens (including phenoxy) is 1. The number of allylic oxidation sites excluding steroid dienone is 1. The van der Waals surface area contributed by atoms with E-state index in [2.05, 4.69) is 11.0 Å². The Hall–Kier alpha value is -1.76. The predicted molar refractivity (Wildman–Crippen MR) is 83.8 cm³/mol. The summed E-state index contributed by atoms with van der Waals surface area (Å²) < 4.78 is 28.7. The molecule has 0 fully saturated rings. The number of rotatable bonds is 6. The second kappa shape index (κ2) is 9.23. The van der Waals surface area contributed by atoms with E-state index < -0.39 is 10.0 Å². The molecule has 0 saturated heterocycles. The molecule has 0 amide bonds. The molecule has 1 aromatic carbocycles. The molecule has 0 aliphatic carbocycles. The third kappa shape index (κ3) is 6.99. The minimum atomic E-state index is -3.16. The summed E-state index contributed by atoms with van der Waals surface area (Å²) in [6.45, 7) is 4.75. The van der Waals surface area contributed by atoms with Crippen LogP contribution in [0.3, 0.4) is 0 Å². The average Bonchev–Trinajstić information content (AvgIpc) is 2.90. The number of hydrogen-bond acceptors (Lipinski definition) is 4. The molecule has 1 aliphatic heterocycles. The Labute approximate surface area is 125 Å². The topological polar surface area (TPSA) is 76.0 Å². The van der Waals surface area contributed by atoms with E-state index in [0.717, 1.165) is 11.0 Å². The van der Waals surface area contributed by atoms with Crippen LogP contribution in [0.25, 0.3) is 0 Å². The fraction of sp³-hybridized carbons (Fsp3) is 0.267. The largest absolute Gasteiger partial charge is 0.396 e. The van der Waals surface area contributed by atoms with Gasteiger partial charge in [-0.2, -0.15) is 12.8 Å². The number of aliphatic hydroxyl groups is 1. The van der Waals surface area contributed by atoms with Crippen LogP contribution >= 0.6 is 0 Å². The van der Waals surface area contributed by atoms with Crippen molar-refractivity contribution in [3.05, 3.63) is 60.0 Å². The highest BCUT2D eigenvalue weighted by Gasteiger charge is 2.09. The van der Waals surface area contributed by atoms with Crippen LogP contribution in [0.4, 0.5) is 0 Å². The van der Waals surface area contributed by atoms with Crippen molar-refractivity contribution in [2.45, 2.75) is 5.92 Å². The first-order chi connectivity index (χ1) is 10.1. The van der Waals surface area contributed by atoms with E-state index in [1.807, 2.05) is 30.3 Å². The van der Waals surface area contributed by atoms with Crippen LogP contribution in [0, 0.1) is 0 Å². The van der Waals surface area contributed by atoms with Gasteiger partial charge in [0.1, 0.15) is 0 Å². The fourth-order valence-electron chi connectivity index (χ4n) is 1.56. The Morgan fingerprint density at radius 3 is 2.48 bits per heavy atom. The molecular weight excluding hydrogens is 290 g/mol. The molecule has 6 heteroatoms. The van der Waals surface area contributed by atoms with Gasteiger partial charge in [0, 0.05) is 12.1 Å². The molecule has 0 saturated carbocycles. The highest BCUT2D eigenvalue weighted by atomic mass is 32.2. The lowest BCUT2D eigenvalue weighted by Gasteiger charge is -2.13. The Bertz CT molecular complexity index is 561. The van der Waals surface area contributed by atoms with E-state index in [1.54, 1.807) is 6.08 Å². The van der Waals surface area contributed by atoms with Gasteiger partial charge in [-0.25, -0.2) is 0 Å². The van der Waals surface area contributed by atoms with Gasteiger partial charge in [-0.05, 0) is 11.6 Å². The minimum Gasteiger partial charge on any atom is -0.396 e. The molecule has 1 aliphatic rings. The Morgan fingerprint density at radius 1 is 1.33 bits per heavy atom.